The smallest absolute Gasteiger partial charge is 0.191 e. The van der Waals surface area contributed by atoms with Crippen LogP contribution in [-0.2, 0) is 9.84 Å². The Kier molecular flexibility index (Phi) is 11.1. The summed E-state index contributed by atoms with van der Waals surface area (Å²) >= 11 is 0. The number of likely N-dealkylation sites (tertiary alicyclic amines) is 1. The molecule has 0 aromatic carbocycles. The number of hydrogen-bond donors (Lipinski definition) is 2. The van der Waals surface area contributed by atoms with E-state index in [1.807, 2.05) is 0 Å². The van der Waals surface area contributed by atoms with Crippen LogP contribution in [0.15, 0.2) is 4.99 Å². The van der Waals surface area contributed by atoms with Crippen molar-refractivity contribution in [3.8, 4) is 0 Å². The summed E-state index contributed by atoms with van der Waals surface area (Å²) in [6.45, 7) is 9.18. The highest BCUT2D eigenvalue weighted by Gasteiger charge is 2.28. The standard InChI is InChI=1S/C20H40N4O2S.HI/c1-20(2,3)27(25,26)15-12-22-19(21-4)23-18-10-13-24(14-11-18)16-17-8-6-5-7-9-17;/h17-18H,5-16H2,1-4H3,(H2,21,22,23);1H. The van der Waals surface area contributed by atoms with Gasteiger partial charge in [0.25, 0.3) is 0 Å². The van der Waals surface area contributed by atoms with E-state index < -0.39 is 14.6 Å². The monoisotopic (exact) mass is 528 g/mol. The van der Waals surface area contributed by atoms with Crippen LogP contribution in [0, 0.1) is 5.92 Å². The molecule has 8 heteroatoms. The molecule has 0 radical (unpaired) electrons. The van der Waals surface area contributed by atoms with Gasteiger partial charge in [0.2, 0.25) is 0 Å². The zero-order valence-corrected chi connectivity index (χ0v) is 21.3. The van der Waals surface area contributed by atoms with Gasteiger partial charge in [-0.25, -0.2) is 8.42 Å². The fourth-order valence-corrected chi connectivity index (χ4v) is 4.98. The minimum Gasteiger partial charge on any atom is -0.355 e. The zero-order valence-electron chi connectivity index (χ0n) is 18.2. The second-order valence-corrected chi connectivity index (χ2v) is 12.0. The van der Waals surface area contributed by atoms with Crippen LogP contribution < -0.4 is 10.6 Å². The summed E-state index contributed by atoms with van der Waals surface area (Å²) in [5.74, 6) is 1.74. The molecule has 166 valence electrons. The van der Waals surface area contributed by atoms with E-state index >= 15 is 0 Å². The average molecular weight is 529 g/mol. The van der Waals surface area contributed by atoms with Crippen molar-refractivity contribution in [3.05, 3.63) is 0 Å². The van der Waals surface area contributed by atoms with E-state index in [0.29, 0.717) is 18.5 Å². The lowest BCUT2D eigenvalue weighted by atomic mass is 9.88. The molecule has 0 bridgehead atoms. The third-order valence-corrected chi connectivity index (χ3v) is 8.60. The molecule has 1 aliphatic heterocycles. The molecule has 2 fully saturated rings. The van der Waals surface area contributed by atoms with Gasteiger partial charge in [-0.3, -0.25) is 4.99 Å². The van der Waals surface area contributed by atoms with Gasteiger partial charge < -0.3 is 15.5 Å². The molecule has 0 spiro atoms. The van der Waals surface area contributed by atoms with Crippen molar-refractivity contribution in [2.45, 2.75) is 76.5 Å². The Hall–Kier alpha value is -0.0900. The quantitative estimate of drug-likeness (QED) is 0.315. The summed E-state index contributed by atoms with van der Waals surface area (Å²) in [5, 5.41) is 6.64. The minimum absolute atomic E-state index is 0. The highest BCUT2D eigenvalue weighted by Crippen LogP contribution is 2.25. The summed E-state index contributed by atoms with van der Waals surface area (Å²) in [6, 6.07) is 0.415. The number of halogens is 1. The van der Waals surface area contributed by atoms with Crippen LogP contribution in [0.2, 0.25) is 0 Å². The summed E-state index contributed by atoms with van der Waals surface area (Å²) in [6.07, 6.45) is 9.30. The lowest BCUT2D eigenvalue weighted by Gasteiger charge is -2.36. The topological polar surface area (TPSA) is 73.8 Å². The van der Waals surface area contributed by atoms with E-state index in [2.05, 4.69) is 20.5 Å². The van der Waals surface area contributed by atoms with E-state index in [9.17, 15) is 8.42 Å². The Morgan fingerprint density at radius 1 is 1.07 bits per heavy atom. The highest BCUT2D eigenvalue weighted by atomic mass is 127. The summed E-state index contributed by atoms with van der Waals surface area (Å²) in [5.41, 5.74) is 0. The van der Waals surface area contributed by atoms with Crippen molar-refractivity contribution in [3.63, 3.8) is 0 Å². The first kappa shape index (κ1) is 25.9. The number of nitrogens with one attached hydrogen (secondary N) is 2. The SMILES string of the molecule is CN=C(NCCS(=O)(=O)C(C)(C)C)NC1CCN(CC2CCCCC2)CC1.I. The molecule has 1 heterocycles. The van der Waals surface area contributed by atoms with E-state index in [4.69, 9.17) is 0 Å². The molecule has 0 aromatic rings. The van der Waals surface area contributed by atoms with Crippen molar-refractivity contribution >= 4 is 39.8 Å². The van der Waals surface area contributed by atoms with Gasteiger partial charge in [0.05, 0.1) is 10.5 Å². The normalized spacial score (nSPS) is 21.2. The lowest BCUT2D eigenvalue weighted by Crippen LogP contribution is -2.50. The zero-order chi connectivity index (χ0) is 19.9. The van der Waals surface area contributed by atoms with Crippen molar-refractivity contribution in [2.75, 3.05) is 39.0 Å². The van der Waals surface area contributed by atoms with Crippen LogP contribution in [0.25, 0.3) is 0 Å². The Morgan fingerprint density at radius 3 is 2.21 bits per heavy atom. The Bertz CT molecular complexity index is 576. The van der Waals surface area contributed by atoms with Crippen molar-refractivity contribution < 1.29 is 8.42 Å². The molecular formula is C20H41IN4O2S. The van der Waals surface area contributed by atoms with Gasteiger partial charge in [-0.15, -0.1) is 24.0 Å². The number of rotatable bonds is 6. The summed E-state index contributed by atoms with van der Waals surface area (Å²) in [4.78, 5) is 6.89. The number of aliphatic imine (C=N–C) groups is 1. The van der Waals surface area contributed by atoms with Gasteiger partial charge in [-0.2, -0.15) is 0 Å². The third-order valence-electron chi connectivity index (χ3n) is 5.99. The molecule has 2 rings (SSSR count). The fourth-order valence-electron chi connectivity index (χ4n) is 3.99. The summed E-state index contributed by atoms with van der Waals surface area (Å²) < 4.78 is 23.7. The van der Waals surface area contributed by atoms with Crippen LogP contribution in [0.3, 0.4) is 0 Å². The van der Waals surface area contributed by atoms with Gasteiger partial charge in [0, 0.05) is 39.3 Å². The highest BCUT2D eigenvalue weighted by molar-refractivity contribution is 14.0. The first-order valence-corrected chi connectivity index (χ1v) is 12.3. The van der Waals surface area contributed by atoms with E-state index in [0.717, 1.165) is 31.8 Å². The molecule has 1 saturated carbocycles. The maximum Gasteiger partial charge on any atom is 0.191 e. The molecule has 0 amide bonds. The maximum absolute atomic E-state index is 12.2. The van der Waals surface area contributed by atoms with Crippen LogP contribution >= 0.6 is 24.0 Å². The van der Waals surface area contributed by atoms with Crippen molar-refractivity contribution in [2.24, 2.45) is 10.9 Å². The molecule has 0 aromatic heterocycles. The van der Waals surface area contributed by atoms with Gasteiger partial charge in [0.1, 0.15) is 0 Å². The molecule has 0 unspecified atom stereocenters. The molecule has 1 aliphatic carbocycles. The number of hydrogen-bond acceptors (Lipinski definition) is 4. The molecular weight excluding hydrogens is 487 g/mol. The molecule has 2 aliphatic rings. The first-order valence-electron chi connectivity index (χ1n) is 10.6. The number of sulfone groups is 1. The van der Waals surface area contributed by atoms with Gasteiger partial charge in [0.15, 0.2) is 15.8 Å². The first-order chi connectivity index (χ1) is 12.7. The van der Waals surface area contributed by atoms with Gasteiger partial charge in [-0.1, -0.05) is 19.3 Å². The largest absolute Gasteiger partial charge is 0.355 e. The van der Waals surface area contributed by atoms with Crippen LogP contribution in [0.5, 0.6) is 0 Å². The lowest BCUT2D eigenvalue weighted by molar-refractivity contribution is 0.160. The van der Waals surface area contributed by atoms with E-state index in [1.54, 1.807) is 27.8 Å². The second-order valence-electron chi connectivity index (χ2n) is 9.15. The average Bonchev–Trinajstić information content (AvgIpc) is 2.62. The minimum atomic E-state index is -3.11. The predicted octanol–water partition coefficient (Wildman–Crippen LogP) is 3.03. The molecule has 0 atom stereocenters. The second kappa shape index (κ2) is 11.9. The maximum atomic E-state index is 12.2. The van der Waals surface area contributed by atoms with Crippen LogP contribution in [0.4, 0.5) is 0 Å². The molecule has 1 saturated heterocycles. The predicted molar refractivity (Wildman–Crippen MR) is 129 cm³/mol. The van der Waals surface area contributed by atoms with Gasteiger partial charge >= 0.3 is 0 Å². The third kappa shape index (κ3) is 8.34. The number of guanidine groups is 1. The van der Waals surface area contributed by atoms with E-state index in [-0.39, 0.29) is 29.7 Å². The van der Waals surface area contributed by atoms with Crippen molar-refractivity contribution in [1.82, 2.24) is 15.5 Å². The van der Waals surface area contributed by atoms with E-state index in [1.165, 1.54) is 38.6 Å². The van der Waals surface area contributed by atoms with Crippen LogP contribution in [0.1, 0.15) is 65.7 Å². The Morgan fingerprint density at radius 2 is 1.68 bits per heavy atom. The van der Waals surface area contributed by atoms with Gasteiger partial charge in [-0.05, 0) is 52.4 Å². The Labute approximate surface area is 189 Å². The number of piperidine rings is 1. The number of nitrogens with zero attached hydrogens (tertiary/aromatic N) is 2. The molecule has 6 nitrogen and oxygen atoms in total. The molecule has 2 N–H and O–H groups in total. The summed E-state index contributed by atoms with van der Waals surface area (Å²) in [7, 11) is -1.37. The Balaban J connectivity index is 0.00000392. The van der Waals surface area contributed by atoms with Crippen LogP contribution in [-0.4, -0.2) is 69.0 Å². The fraction of sp³-hybridized carbons (Fsp3) is 0.950. The molecule has 28 heavy (non-hydrogen) atoms. The van der Waals surface area contributed by atoms with Crippen molar-refractivity contribution in [1.29, 1.82) is 0 Å².